The Kier molecular flexibility index (Phi) is 5.72. The zero-order valence-corrected chi connectivity index (χ0v) is 15.2. The van der Waals surface area contributed by atoms with Crippen molar-refractivity contribution in [3.05, 3.63) is 22.4 Å². The van der Waals surface area contributed by atoms with E-state index in [2.05, 4.69) is 34.2 Å². The van der Waals surface area contributed by atoms with Crippen LogP contribution in [-0.2, 0) is 11.2 Å². The van der Waals surface area contributed by atoms with Crippen molar-refractivity contribution in [2.24, 2.45) is 5.92 Å². The van der Waals surface area contributed by atoms with Gasteiger partial charge in [0.05, 0.1) is 0 Å². The molecule has 128 valence electrons. The Bertz CT molecular complexity index is 504. The summed E-state index contributed by atoms with van der Waals surface area (Å²) in [5.74, 6) is 0.950. The van der Waals surface area contributed by atoms with Crippen LogP contribution in [0.1, 0.15) is 25.1 Å². The van der Waals surface area contributed by atoms with Gasteiger partial charge in [-0.05, 0) is 30.2 Å². The van der Waals surface area contributed by atoms with E-state index in [1.807, 2.05) is 16.2 Å². The third kappa shape index (κ3) is 4.34. The fourth-order valence-corrected chi connectivity index (χ4v) is 4.71. The Balaban J connectivity index is 1.51. The summed E-state index contributed by atoms with van der Waals surface area (Å²) in [5, 5.41) is 2.17. The van der Waals surface area contributed by atoms with E-state index < -0.39 is 0 Å². The summed E-state index contributed by atoms with van der Waals surface area (Å²) in [4.78, 5) is 20.4. The molecule has 0 saturated carbocycles. The van der Waals surface area contributed by atoms with Gasteiger partial charge in [-0.15, -0.1) is 11.3 Å². The molecule has 1 aromatic heterocycles. The maximum Gasteiger partial charge on any atom is 0.219 e. The summed E-state index contributed by atoms with van der Waals surface area (Å²) < 4.78 is 0. The van der Waals surface area contributed by atoms with Gasteiger partial charge in [0.1, 0.15) is 0 Å². The topological polar surface area (TPSA) is 26.8 Å². The van der Waals surface area contributed by atoms with Crippen LogP contribution in [0.2, 0.25) is 0 Å². The van der Waals surface area contributed by atoms with E-state index in [1.54, 1.807) is 6.92 Å². The number of likely N-dealkylation sites (tertiary alicyclic amines) is 1. The molecule has 2 unspecified atom stereocenters. The first-order valence-electron chi connectivity index (χ1n) is 8.88. The maximum atomic E-state index is 11.6. The lowest BCUT2D eigenvalue weighted by atomic mass is 10.0. The summed E-state index contributed by atoms with van der Waals surface area (Å²) in [5.41, 5.74) is 0. The van der Waals surface area contributed by atoms with Crippen LogP contribution in [0, 0.1) is 5.92 Å². The highest BCUT2D eigenvalue weighted by Crippen LogP contribution is 2.23. The maximum absolute atomic E-state index is 11.6. The normalized spacial score (nSPS) is 27.3. The number of carbonyl (C=O) groups is 1. The second-order valence-electron chi connectivity index (χ2n) is 7.03. The van der Waals surface area contributed by atoms with Crippen molar-refractivity contribution in [2.75, 3.05) is 45.8 Å². The predicted octanol–water partition coefficient (Wildman–Crippen LogP) is 2.17. The molecule has 0 aliphatic carbocycles. The molecule has 3 heterocycles. The molecular weight excluding hydrogens is 306 g/mol. The van der Waals surface area contributed by atoms with E-state index in [0.29, 0.717) is 6.04 Å². The second-order valence-corrected chi connectivity index (χ2v) is 8.06. The molecule has 5 heteroatoms. The molecule has 3 rings (SSSR count). The summed E-state index contributed by atoms with van der Waals surface area (Å²) >= 11 is 1.87. The Morgan fingerprint density at radius 1 is 1.26 bits per heavy atom. The molecule has 0 N–H and O–H groups in total. The standard InChI is InChI=1S/C18H29N3OS/c1-15-13-19(9-6-17-5-3-12-23-17)14-18(15)21-8-4-7-20(10-11-21)16(2)22/h3,5,12,15,18H,4,6-11,13-14H2,1-2H3. The summed E-state index contributed by atoms with van der Waals surface area (Å²) in [6.45, 7) is 11.7. The van der Waals surface area contributed by atoms with Gasteiger partial charge in [-0.2, -0.15) is 0 Å². The third-order valence-electron chi connectivity index (χ3n) is 5.35. The zero-order chi connectivity index (χ0) is 16.2. The molecule has 2 aliphatic heterocycles. The first-order valence-corrected chi connectivity index (χ1v) is 9.76. The number of hydrogen-bond donors (Lipinski definition) is 0. The van der Waals surface area contributed by atoms with Crippen molar-refractivity contribution in [1.29, 1.82) is 0 Å². The summed E-state index contributed by atoms with van der Waals surface area (Å²) in [7, 11) is 0. The van der Waals surface area contributed by atoms with Crippen molar-refractivity contribution < 1.29 is 4.79 Å². The number of hydrogen-bond acceptors (Lipinski definition) is 4. The Morgan fingerprint density at radius 2 is 2.13 bits per heavy atom. The molecule has 23 heavy (non-hydrogen) atoms. The van der Waals surface area contributed by atoms with Crippen LogP contribution in [0.4, 0.5) is 0 Å². The lowest BCUT2D eigenvalue weighted by molar-refractivity contribution is -0.128. The number of nitrogens with zero attached hydrogens (tertiary/aromatic N) is 3. The molecule has 2 fully saturated rings. The molecule has 2 aliphatic rings. The van der Waals surface area contributed by atoms with Crippen LogP contribution in [0.3, 0.4) is 0 Å². The zero-order valence-electron chi connectivity index (χ0n) is 14.4. The molecule has 2 atom stereocenters. The van der Waals surface area contributed by atoms with E-state index in [1.165, 1.54) is 30.9 Å². The molecule has 0 bridgehead atoms. The molecule has 2 saturated heterocycles. The largest absolute Gasteiger partial charge is 0.342 e. The fourth-order valence-electron chi connectivity index (χ4n) is 4.01. The second kappa shape index (κ2) is 7.77. The average molecular weight is 336 g/mol. The van der Waals surface area contributed by atoms with Gasteiger partial charge < -0.3 is 9.80 Å². The smallest absolute Gasteiger partial charge is 0.219 e. The number of rotatable bonds is 4. The fraction of sp³-hybridized carbons (Fsp3) is 0.722. The van der Waals surface area contributed by atoms with Gasteiger partial charge in [-0.25, -0.2) is 0 Å². The minimum atomic E-state index is 0.226. The van der Waals surface area contributed by atoms with Crippen LogP contribution < -0.4 is 0 Å². The van der Waals surface area contributed by atoms with Crippen molar-refractivity contribution in [1.82, 2.24) is 14.7 Å². The van der Waals surface area contributed by atoms with Gasteiger partial charge in [0.25, 0.3) is 0 Å². The minimum absolute atomic E-state index is 0.226. The molecule has 1 amide bonds. The average Bonchev–Trinajstić information content (AvgIpc) is 3.09. The molecule has 0 spiro atoms. The number of amides is 1. The monoisotopic (exact) mass is 335 g/mol. The minimum Gasteiger partial charge on any atom is -0.342 e. The highest BCUT2D eigenvalue weighted by molar-refractivity contribution is 7.09. The van der Waals surface area contributed by atoms with Gasteiger partial charge in [0.2, 0.25) is 5.91 Å². The Morgan fingerprint density at radius 3 is 2.87 bits per heavy atom. The quantitative estimate of drug-likeness (QED) is 0.844. The van der Waals surface area contributed by atoms with Gasteiger partial charge in [0, 0.05) is 63.7 Å². The van der Waals surface area contributed by atoms with E-state index in [-0.39, 0.29) is 5.91 Å². The number of thiophene rings is 1. The van der Waals surface area contributed by atoms with Crippen LogP contribution in [0.5, 0.6) is 0 Å². The number of carbonyl (C=O) groups excluding carboxylic acids is 1. The van der Waals surface area contributed by atoms with E-state index >= 15 is 0 Å². The Labute approximate surface area is 144 Å². The van der Waals surface area contributed by atoms with Crippen molar-refractivity contribution in [3.63, 3.8) is 0 Å². The predicted molar refractivity (Wildman–Crippen MR) is 95.9 cm³/mol. The SMILES string of the molecule is CC(=O)N1CCCN(C2CN(CCc3cccs3)CC2C)CC1. The van der Waals surface area contributed by atoms with E-state index in [9.17, 15) is 4.79 Å². The van der Waals surface area contributed by atoms with Crippen molar-refractivity contribution in [2.45, 2.75) is 32.7 Å². The Hall–Kier alpha value is -0.910. The highest BCUT2D eigenvalue weighted by atomic mass is 32.1. The first-order chi connectivity index (χ1) is 11.1. The summed E-state index contributed by atoms with van der Waals surface area (Å²) in [6.07, 6.45) is 2.28. The van der Waals surface area contributed by atoms with Crippen molar-refractivity contribution in [3.8, 4) is 0 Å². The third-order valence-corrected chi connectivity index (χ3v) is 6.28. The summed E-state index contributed by atoms with van der Waals surface area (Å²) in [6, 6.07) is 5.05. The molecular formula is C18H29N3OS. The van der Waals surface area contributed by atoms with E-state index in [0.717, 1.165) is 38.5 Å². The van der Waals surface area contributed by atoms with E-state index in [4.69, 9.17) is 0 Å². The van der Waals surface area contributed by atoms with Crippen LogP contribution in [-0.4, -0.2) is 72.5 Å². The van der Waals surface area contributed by atoms with Gasteiger partial charge in [0.15, 0.2) is 0 Å². The van der Waals surface area contributed by atoms with Crippen molar-refractivity contribution >= 4 is 17.2 Å². The van der Waals surface area contributed by atoms with Gasteiger partial charge in [-0.3, -0.25) is 9.69 Å². The molecule has 0 aromatic carbocycles. The lowest BCUT2D eigenvalue weighted by Gasteiger charge is -2.30. The van der Waals surface area contributed by atoms with Gasteiger partial charge >= 0.3 is 0 Å². The van der Waals surface area contributed by atoms with Crippen LogP contribution >= 0.6 is 11.3 Å². The highest BCUT2D eigenvalue weighted by Gasteiger charge is 2.34. The molecule has 1 aromatic rings. The molecule has 4 nitrogen and oxygen atoms in total. The first kappa shape index (κ1) is 16.9. The lowest BCUT2D eigenvalue weighted by Crippen LogP contribution is -2.43. The van der Waals surface area contributed by atoms with Crippen LogP contribution in [0.25, 0.3) is 0 Å². The van der Waals surface area contributed by atoms with Crippen LogP contribution in [0.15, 0.2) is 17.5 Å². The molecule has 0 radical (unpaired) electrons. The van der Waals surface area contributed by atoms with Gasteiger partial charge in [-0.1, -0.05) is 13.0 Å².